The summed E-state index contributed by atoms with van der Waals surface area (Å²) in [6.45, 7) is 12.0. The van der Waals surface area contributed by atoms with Gasteiger partial charge in [0.2, 0.25) is 0 Å². The predicted octanol–water partition coefficient (Wildman–Crippen LogP) is 5.64. The molecule has 4 aliphatic rings. The summed E-state index contributed by atoms with van der Waals surface area (Å²) in [6.07, 6.45) is 7.65. The lowest BCUT2D eigenvalue weighted by Crippen LogP contribution is -2.57. The standard InChI is InChI=1S/C27H42O3Si/c1-6-18-12-19-11-17(16-28)7-8-22(19)23-9-10-26(2)24(25(18)23)14-20-13-21(29)15-27(20,26)30-31(3,4)5/h7-8,11,18,20-21,23-25,28-29H,6,9-10,12-16H2,1-5H3/t18-,20-,21-,23?,24?,25?,26+,27+/m1/s1. The third kappa shape index (κ3) is 3.23. The summed E-state index contributed by atoms with van der Waals surface area (Å²) >= 11 is 0. The van der Waals surface area contributed by atoms with Gasteiger partial charge >= 0.3 is 0 Å². The highest BCUT2D eigenvalue weighted by atomic mass is 28.4. The van der Waals surface area contributed by atoms with Crippen LogP contribution in [0.25, 0.3) is 0 Å². The Kier molecular flexibility index (Phi) is 5.29. The van der Waals surface area contributed by atoms with Crippen LogP contribution in [0.5, 0.6) is 0 Å². The van der Waals surface area contributed by atoms with Crippen molar-refractivity contribution in [3.8, 4) is 0 Å². The van der Waals surface area contributed by atoms with Gasteiger partial charge in [0.05, 0.1) is 18.3 Å². The number of benzene rings is 1. The Morgan fingerprint density at radius 1 is 1.19 bits per heavy atom. The maximum Gasteiger partial charge on any atom is 0.184 e. The van der Waals surface area contributed by atoms with Crippen LogP contribution < -0.4 is 0 Å². The van der Waals surface area contributed by atoms with Gasteiger partial charge in [-0.3, -0.25) is 0 Å². The van der Waals surface area contributed by atoms with Crippen molar-refractivity contribution in [3.05, 3.63) is 34.9 Å². The molecule has 5 rings (SSSR count). The molecule has 8 atom stereocenters. The van der Waals surface area contributed by atoms with Crippen molar-refractivity contribution in [1.82, 2.24) is 0 Å². The van der Waals surface area contributed by atoms with Gasteiger partial charge in [-0.2, -0.15) is 0 Å². The van der Waals surface area contributed by atoms with Gasteiger partial charge in [-0.1, -0.05) is 38.5 Å². The van der Waals surface area contributed by atoms with E-state index in [2.05, 4.69) is 51.7 Å². The fourth-order valence-electron chi connectivity index (χ4n) is 8.83. The lowest BCUT2D eigenvalue weighted by molar-refractivity contribution is -0.110. The summed E-state index contributed by atoms with van der Waals surface area (Å²) in [5.74, 6) is 3.28. The summed E-state index contributed by atoms with van der Waals surface area (Å²) in [4.78, 5) is 0. The van der Waals surface area contributed by atoms with Crippen LogP contribution in [0, 0.1) is 29.1 Å². The van der Waals surface area contributed by atoms with E-state index >= 15 is 0 Å². The first-order valence-corrected chi connectivity index (χ1v) is 16.1. The number of aliphatic hydroxyl groups is 2. The van der Waals surface area contributed by atoms with Gasteiger partial charge in [0.25, 0.3) is 0 Å². The molecule has 172 valence electrons. The number of hydrogen-bond acceptors (Lipinski definition) is 3. The van der Waals surface area contributed by atoms with Crippen molar-refractivity contribution in [2.75, 3.05) is 0 Å². The van der Waals surface area contributed by atoms with Gasteiger partial charge < -0.3 is 14.6 Å². The molecule has 0 radical (unpaired) electrons. The van der Waals surface area contributed by atoms with Crippen LogP contribution >= 0.6 is 0 Å². The molecule has 0 saturated heterocycles. The number of hydrogen-bond donors (Lipinski definition) is 2. The van der Waals surface area contributed by atoms with Gasteiger partial charge in [-0.15, -0.1) is 0 Å². The molecule has 3 saturated carbocycles. The average molecular weight is 443 g/mol. The van der Waals surface area contributed by atoms with Crippen LogP contribution in [-0.2, 0) is 17.5 Å². The molecule has 1 aromatic carbocycles. The third-order valence-electron chi connectivity index (χ3n) is 9.81. The van der Waals surface area contributed by atoms with Gasteiger partial charge in [-0.05, 0) is 103 Å². The van der Waals surface area contributed by atoms with E-state index in [1.807, 2.05) is 0 Å². The van der Waals surface area contributed by atoms with Crippen molar-refractivity contribution in [2.45, 2.75) is 103 Å². The van der Waals surface area contributed by atoms with E-state index in [-0.39, 0.29) is 23.7 Å². The zero-order valence-corrected chi connectivity index (χ0v) is 21.2. The first-order valence-electron chi connectivity index (χ1n) is 12.7. The monoisotopic (exact) mass is 442 g/mol. The molecule has 4 heteroatoms. The van der Waals surface area contributed by atoms with E-state index < -0.39 is 8.32 Å². The Morgan fingerprint density at radius 2 is 1.97 bits per heavy atom. The molecule has 3 unspecified atom stereocenters. The highest BCUT2D eigenvalue weighted by molar-refractivity contribution is 6.69. The fraction of sp³-hybridized carbons (Fsp3) is 0.778. The number of aliphatic hydroxyl groups excluding tert-OH is 2. The molecule has 3 nitrogen and oxygen atoms in total. The Hall–Kier alpha value is -0.683. The van der Waals surface area contributed by atoms with Crippen LogP contribution in [-0.4, -0.2) is 30.2 Å². The van der Waals surface area contributed by atoms with Crippen molar-refractivity contribution in [3.63, 3.8) is 0 Å². The molecule has 31 heavy (non-hydrogen) atoms. The molecule has 0 aliphatic heterocycles. The number of fused-ring (bicyclic) bond motifs is 7. The lowest BCUT2D eigenvalue weighted by atomic mass is 9.50. The molecule has 2 N–H and O–H groups in total. The Morgan fingerprint density at radius 3 is 2.65 bits per heavy atom. The van der Waals surface area contributed by atoms with Crippen LogP contribution in [0.1, 0.15) is 75.0 Å². The molecular weight excluding hydrogens is 400 g/mol. The molecule has 0 amide bonds. The molecule has 4 aliphatic carbocycles. The first kappa shape index (κ1) is 22.1. The second kappa shape index (κ2) is 7.41. The second-order valence-corrected chi connectivity index (χ2v) is 16.9. The molecule has 1 aromatic rings. The SMILES string of the molecule is CC[C@@H]1Cc2cc(CO)ccc2C2CC[C@@]3(C)C(C[C@H]4C[C@@H](O)C[C@]43O[Si](C)(C)C)C21. The zero-order valence-electron chi connectivity index (χ0n) is 20.2. The van der Waals surface area contributed by atoms with Crippen molar-refractivity contribution >= 4 is 8.32 Å². The van der Waals surface area contributed by atoms with E-state index in [0.717, 1.165) is 30.7 Å². The quantitative estimate of drug-likeness (QED) is 0.593. The maximum atomic E-state index is 10.7. The van der Waals surface area contributed by atoms with Crippen molar-refractivity contribution < 1.29 is 14.6 Å². The second-order valence-electron chi connectivity index (χ2n) is 12.4. The van der Waals surface area contributed by atoms with Crippen LogP contribution in [0.2, 0.25) is 19.6 Å². The third-order valence-corrected chi connectivity index (χ3v) is 10.8. The highest BCUT2D eigenvalue weighted by Crippen LogP contribution is 2.71. The zero-order chi connectivity index (χ0) is 22.2. The van der Waals surface area contributed by atoms with Gasteiger partial charge in [0.1, 0.15) is 0 Å². The molecule has 0 aromatic heterocycles. The minimum Gasteiger partial charge on any atom is -0.411 e. The van der Waals surface area contributed by atoms with Gasteiger partial charge in [0, 0.05) is 6.42 Å². The van der Waals surface area contributed by atoms with Crippen molar-refractivity contribution in [2.24, 2.45) is 29.1 Å². The van der Waals surface area contributed by atoms with E-state index in [1.165, 1.54) is 31.2 Å². The lowest BCUT2D eigenvalue weighted by Gasteiger charge is -2.57. The number of rotatable bonds is 4. The summed E-state index contributed by atoms with van der Waals surface area (Å²) in [5, 5.41) is 20.4. The van der Waals surface area contributed by atoms with Crippen LogP contribution in [0.3, 0.4) is 0 Å². The van der Waals surface area contributed by atoms with Crippen LogP contribution in [0.4, 0.5) is 0 Å². The topological polar surface area (TPSA) is 49.7 Å². The summed E-state index contributed by atoms with van der Waals surface area (Å²) in [6, 6.07) is 6.75. The highest BCUT2D eigenvalue weighted by Gasteiger charge is 2.70. The van der Waals surface area contributed by atoms with Gasteiger partial charge in [0.15, 0.2) is 8.32 Å². The predicted molar refractivity (Wildman–Crippen MR) is 127 cm³/mol. The summed E-state index contributed by atoms with van der Waals surface area (Å²) in [7, 11) is -1.74. The van der Waals surface area contributed by atoms with Crippen molar-refractivity contribution in [1.29, 1.82) is 0 Å². The average Bonchev–Trinajstić information content (AvgIpc) is 3.13. The first-order chi connectivity index (χ1) is 14.6. The summed E-state index contributed by atoms with van der Waals surface area (Å²) < 4.78 is 7.15. The largest absolute Gasteiger partial charge is 0.411 e. The molecule has 3 fully saturated rings. The minimum atomic E-state index is -1.74. The van der Waals surface area contributed by atoms with E-state index in [4.69, 9.17) is 4.43 Å². The molecule has 0 bridgehead atoms. The van der Waals surface area contributed by atoms with E-state index in [9.17, 15) is 10.2 Å². The van der Waals surface area contributed by atoms with Crippen LogP contribution in [0.15, 0.2) is 18.2 Å². The Labute approximate surface area is 189 Å². The molecule has 0 spiro atoms. The van der Waals surface area contributed by atoms with Gasteiger partial charge in [-0.25, -0.2) is 0 Å². The van der Waals surface area contributed by atoms with E-state index in [1.54, 1.807) is 5.56 Å². The molecular formula is C27H42O3Si. The smallest absolute Gasteiger partial charge is 0.184 e. The fourth-order valence-corrected chi connectivity index (χ4v) is 10.4. The maximum absolute atomic E-state index is 10.7. The van der Waals surface area contributed by atoms with E-state index in [0.29, 0.717) is 23.7 Å². The minimum absolute atomic E-state index is 0.119. The summed E-state index contributed by atoms with van der Waals surface area (Å²) in [5.41, 5.74) is 4.16. The Balaban J connectivity index is 1.56. The Bertz CT molecular complexity index is 847. The molecule has 0 heterocycles. The normalized spacial score (nSPS) is 43.8.